The minimum atomic E-state index is -0.555. The van der Waals surface area contributed by atoms with Gasteiger partial charge in [-0.15, -0.1) is 22.7 Å². The number of aliphatic imine (C=N–C) groups is 1. The predicted octanol–water partition coefficient (Wildman–Crippen LogP) is 4.24. The van der Waals surface area contributed by atoms with Gasteiger partial charge < -0.3 is 15.7 Å². The molecule has 0 amide bonds. The summed E-state index contributed by atoms with van der Waals surface area (Å²) in [4.78, 5) is 9.25. The molecule has 0 radical (unpaired) electrons. The van der Waals surface area contributed by atoms with Crippen LogP contribution in [-0.2, 0) is 0 Å². The molecular formula is C23H30N4OS2. The van der Waals surface area contributed by atoms with Gasteiger partial charge in [-0.1, -0.05) is 24.3 Å². The molecule has 1 aromatic carbocycles. The lowest BCUT2D eigenvalue weighted by molar-refractivity contribution is 0.125. The van der Waals surface area contributed by atoms with E-state index in [0.717, 1.165) is 23.9 Å². The van der Waals surface area contributed by atoms with Crippen molar-refractivity contribution < 1.29 is 5.11 Å². The molecule has 3 N–H and O–H groups in total. The molecule has 3 atom stereocenters. The van der Waals surface area contributed by atoms with E-state index in [1.54, 1.807) is 18.4 Å². The Morgan fingerprint density at radius 1 is 1.27 bits per heavy atom. The van der Waals surface area contributed by atoms with Crippen molar-refractivity contribution in [2.45, 2.75) is 25.0 Å². The minimum absolute atomic E-state index is 0.436. The number of thiophene rings is 2. The Kier molecular flexibility index (Phi) is 7.04. The van der Waals surface area contributed by atoms with E-state index in [9.17, 15) is 5.11 Å². The number of likely N-dealkylation sites (tertiary alicyclic amines) is 1. The molecule has 0 saturated carbocycles. The Morgan fingerprint density at radius 2 is 2.13 bits per heavy atom. The van der Waals surface area contributed by atoms with Crippen LogP contribution >= 0.6 is 22.7 Å². The van der Waals surface area contributed by atoms with Gasteiger partial charge in [-0.05, 0) is 61.3 Å². The molecule has 30 heavy (non-hydrogen) atoms. The molecule has 1 aliphatic heterocycles. The number of guanidine groups is 1. The van der Waals surface area contributed by atoms with Gasteiger partial charge >= 0.3 is 0 Å². The Morgan fingerprint density at radius 3 is 2.90 bits per heavy atom. The highest BCUT2D eigenvalue weighted by Gasteiger charge is 2.31. The number of benzene rings is 1. The fourth-order valence-electron chi connectivity index (χ4n) is 4.29. The molecule has 4 rings (SSSR count). The van der Waals surface area contributed by atoms with Crippen LogP contribution in [0.4, 0.5) is 0 Å². The fourth-order valence-corrected chi connectivity index (χ4v) is 6.33. The number of aliphatic hydroxyl groups is 1. The third-order valence-electron chi connectivity index (χ3n) is 5.83. The van der Waals surface area contributed by atoms with Crippen LogP contribution in [0.3, 0.4) is 0 Å². The summed E-state index contributed by atoms with van der Waals surface area (Å²) < 4.78 is 1.20. The van der Waals surface area contributed by atoms with Crippen LogP contribution in [0.25, 0.3) is 10.1 Å². The van der Waals surface area contributed by atoms with Crippen LogP contribution < -0.4 is 10.6 Å². The van der Waals surface area contributed by atoms with E-state index in [-0.39, 0.29) is 0 Å². The second kappa shape index (κ2) is 9.92. The lowest BCUT2D eigenvalue weighted by Gasteiger charge is -2.39. The number of hydrogen-bond acceptors (Lipinski definition) is 5. The van der Waals surface area contributed by atoms with Crippen molar-refractivity contribution in [1.29, 1.82) is 0 Å². The second-order valence-corrected chi connectivity index (χ2v) is 9.97. The highest BCUT2D eigenvalue weighted by atomic mass is 32.1. The van der Waals surface area contributed by atoms with Gasteiger partial charge in [-0.25, -0.2) is 0 Å². The lowest BCUT2D eigenvalue weighted by Crippen LogP contribution is -2.45. The van der Waals surface area contributed by atoms with E-state index < -0.39 is 6.10 Å². The van der Waals surface area contributed by atoms with Crippen molar-refractivity contribution in [3.05, 3.63) is 57.6 Å². The number of hydrogen-bond donors (Lipinski definition) is 3. The standard InChI is InChI=1S/C23H30N4OS2/c1-24-23(26-15-18(28)21-13-16-7-3-4-9-19(16)30-21)25-14-17-8-5-11-27(2)22(17)20-10-6-12-29-20/h3-4,6-7,9-10,12-13,17-18,22,28H,5,8,11,14-15H2,1-2H3,(H2,24,25,26). The van der Waals surface area contributed by atoms with Gasteiger partial charge in [0.1, 0.15) is 6.10 Å². The lowest BCUT2D eigenvalue weighted by atomic mass is 9.88. The summed E-state index contributed by atoms with van der Waals surface area (Å²) >= 11 is 3.49. The maximum absolute atomic E-state index is 10.6. The number of aliphatic hydroxyl groups excluding tert-OH is 1. The Bertz CT molecular complexity index is 936. The number of nitrogens with zero attached hydrogens (tertiary/aromatic N) is 2. The smallest absolute Gasteiger partial charge is 0.191 e. The second-order valence-electron chi connectivity index (χ2n) is 7.88. The van der Waals surface area contributed by atoms with Crippen molar-refractivity contribution in [1.82, 2.24) is 15.5 Å². The zero-order valence-electron chi connectivity index (χ0n) is 17.5. The minimum Gasteiger partial charge on any atom is -0.386 e. The summed E-state index contributed by atoms with van der Waals surface area (Å²) in [5, 5.41) is 20.8. The molecule has 3 unspecified atom stereocenters. The average molecular weight is 443 g/mol. The quantitative estimate of drug-likeness (QED) is 0.395. The third-order valence-corrected chi connectivity index (χ3v) is 7.99. The zero-order chi connectivity index (χ0) is 20.9. The van der Waals surface area contributed by atoms with Crippen LogP contribution in [0.2, 0.25) is 0 Å². The summed E-state index contributed by atoms with van der Waals surface area (Å²) in [7, 11) is 4.01. The zero-order valence-corrected chi connectivity index (χ0v) is 19.2. The van der Waals surface area contributed by atoms with Crippen LogP contribution in [0.1, 0.15) is 34.7 Å². The number of piperidine rings is 1. The molecule has 3 aromatic rings. The Labute approximate surface area is 186 Å². The van der Waals surface area contributed by atoms with Crippen molar-refractivity contribution in [3.63, 3.8) is 0 Å². The summed E-state index contributed by atoms with van der Waals surface area (Å²) in [5.41, 5.74) is 0. The van der Waals surface area contributed by atoms with E-state index in [1.165, 1.54) is 27.8 Å². The molecule has 2 aromatic heterocycles. The average Bonchev–Trinajstić information content (AvgIpc) is 3.43. The molecule has 3 heterocycles. The summed E-state index contributed by atoms with van der Waals surface area (Å²) in [6.07, 6.45) is 1.88. The highest BCUT2D eigenvalue weighted by molar-refractivity contribution is 7.19. The Balaban J connectivity index is 1.33. The summed E-state index contributed by atoms with van der Waals surface area (Å²) in [5.74, 6) is 1.28. The van der Waals surface area contributed by atoms with Crippen molar-refractivity contribution in [2.24, 2.45) is 10.9 Å². The predicted molar refractivity (Wildman–Crippen MR) is 129 cm³/mol. The largest absolute Gasteiger partial charge is 0.386 e. The van der Waals surface area contributed by atoms with Gasteiger partial charge in [-0.3, -0.25) is 9.89 Å². The van der Waals surface area contributed by atoms with Gasteiger partial charge in [-0.2, -0.15) is 0 Å². The summed E-state index contributed by atoms with van der Waals surface area (Å²) in [6, 6.07) is 15.2. The third kappa shape index (κ3) is 4.86. The fraction of sp³-hybridized carbons (Fsp3) is 0.435. The topological polar surface area (TPSA) is 59.9 Å². The SMILES string of the molecule is CN=C(NCC(O)c1cc2ccccc2s1)NCC1CCCN(C)C1c1cccs1. The van der Waals surface area contributed by atoms with Gasteiger partial charge in [0.2, 0.25) is 0 Å². The molecule has 1 fully saturated rings. The van der Waals surface area contributed by atoms with Gasteiger partial charge in [0.05, 0.1) is 0 Å². The van der Waals surface area contributed by atoms with E-state index in [0.29, 0.717) is 18.5 Å². The first kappa shape index (κ1) is 21.3. The molecular weight excluding hydrogens is 412 g/mol. The maximum Gasteiger partial charge on any atom is 0.191 e. The van der Waals surface area contributed by atoms with Crippen LogP contribution in [0.5, 0.6) is 0 Å². The van der Waals surface area contributed by atoms with Crippen molar-refractivity contribution in [3.8, 4) is 0 Å². The highest BCUT2D eigenvalue weighted by Crippen LogP contribution is 2.36. The van der Waals surface area contributed by atoms with Crippen molar-refractivity contribution in [2.75, 3.05) is 33.7 Å². The number of nitrogens with one attached hydrogen (secondary N) is 2. The molecule has 7 heteroatoms. The van der Waals surface area contributed by atoms with E-state index in [1.807, 2.05) is 23.5 Å². The molecule has 5 nitrogen and oxygen atoms in total. The number of rotatable bonds is 6. The first-order chi connectivity index (χ1) is 14.7. The first-order valence-electron chi connectivity index (χ1n) is 10.5. The number of fused-ring (bicyclic) bond motifs is 1. The van der Waals surface area contributed by atoms with Crippen LogP contribution in [-0.4, -0.2) is 49.7 Å². The normalized spacial score (nSPS) is 21.6. The van der Waals surface area contributed by atoms with Gasteiger partial charge in [0.15, 0.2) is 5.96 Å². The molecule has 1 saturated heterocycles. The van der Waals surface area contributed by atoms with E-state index in [2.05, 4.69) is 63.3 Å². The van der Waals surface area contributed by atoms with Crippen LogP contribution in [0.15, 0.2) is 52.8 Å². The van der Waals surface area contributed by atoms with Crippen molar-refractivity contribution >= 4 is 38.7 Å². The maximum atomic E-state index is 10.6. The van der Waals surface area contributed by atoms with E-state index >= 15 is 0 Å². The molecule has 0 bridgehead atoms. The molecule has 0 spiro atoms. The molecule has 160 valence electrons. The van der Waals surface area contributed by atoms with E-state index in [4.69, 9.17) is 0 Å². The summed E-state index contributed by atoms with van der Waals surface area (Å²) in [6.45, 7) is 2.45. The molecule has 0 aliphatic carbocycles. The first-order valence-corrected chi connectivity index (χ1v) is 12.2. The van der Waals surface area contributed by atoms with Gasteiger partial charge in [0, 0.05) is 40.6 Å². The Hall–Kier alpha value is -1.93. The van der Waals surface area contributed by atoms with Crippen LogP contribution in [0, 0.1) is 5.92 Å². The monoisotopic (exact) mass is 442 g/mol. The molecule has 1 aliphatic rings. The van der Waals surface area contributed by atoms with Gasteiger partial charge in [0.25, 0.3) is 0 Å².